The van der Waals surface area contributed by atoms with Crippen LogP contribution in [0.3, 0.4) is 0 Å². The molecule has 2 N–H and O–H groups in total. The monoisotopic (exact) mass is 251 g/mol. The molecule has 0 bridgehead atoms. The van der Waals surface area contributed by atoms with Gasteiger partial charge in [-0.3, -0.25) is 0 Å². The minimum Gasteiger partial charge on any atom is -0.508 e. The van der Waals surface area contributed by atoms with Gasteiger partial charge in [0.15, 0.2) is 0 Å². The van der Waals surface area contributed by atoms with Crippen molar-refractivity contribution in [2.75, 3.05) is 26.4 Å². The zero-order valence-corrected chi connectivity index (χ0v) is 10.8. The van der Waals surface area contributed by atoms with Crippen LogP contribution in [0.25, 0.3) is 0 Å². The molecule has 0 aromatic heterocycles. The topological polar surface area (TPSA) is 50.7 Å². The van der Waals surface area contributed by atoms with E-state index in [0.29, 0.717) is 25.6 Å². The molecule has 2 rings (SSSR count). The van der Waals surface area contributed by atoms with E-state index in [-0.39, 0.29) is 12.1 Å². The second-order valence-electron chi connectivity index (χ2n) is 4.52. The fraction of sp³-hybridized carbons (Fsp3) is 0.571. The number of rotatable bonds is 5. The Morgan fingerprint density at radius 3 is 2.72 bits per heavy atom. The van der Waals surface area contributed by atoms with Gasteiger partial charge in [0.05, 0.1) is 25.9 Å². The molecular formula is C14H21NO3. The lowest BCUT2D eigenvalue weighted by Crippen LogP contribution is -2.47. The van der Waals surface area contributed by atoms with E-state index in [9.17, 15) is 5.11 Å². The molecule has 0 radical (unpaired) electrons. The van der Waals surface area contributed by atoms with Crippen molar-refractivity contribution < 1.29 is 14.6 Å². The summed E-state index contributed by atoms with van der Waals surface area (Å²) in [5.74, 6) is 0.302. The molecular weight excluding hydrogens is 230 g/mol. The predicted molar refractivity (Wildman–Crippen MR) is 69.8 cm³/mol. The largest absolute Gasteiger partial charge is 0.508 e. The quantitative estimate of drug-likeness (QED) is 0.829. The summed E-state index contributed by atoms with van der Waals surface area (Å²) in [6.45, 7) is 5.00. The summed E-state index contributed by atoms with van der Waals surface area (Å²) in [6, 6.07) is 7.58. The van der Waals surface area contributed by atoms with Gasteiger partial charge in [-0.2, -0.15) is 0 Å². The molecule has 4 heteroatoms. The van der Waals surface area contributed by atoms with Crippen molar-refractivity contribution in [3.8, 4) is 5.75 Å². The van der Waals surface area contributed by atoms with E-state index in [4.69, 9.17) is 9.47 Å². The SMILES string of the molecule is CCNC(Cc1ccc(O)cc1)C1COCCO1. The maximum absolute atomic E-state index is 9.28. The minimum atomic E-state index is 0.104. The summed E-state index contributed by atoms with van der Waals surface area (Å²) >= 11 is 0. The van der Waals surface area contributed by atoms with Crippen LogP contribution in [0.5, 0.6) is 5.75 Å². The average molecular weight is 251 g/mol. The average Bonchev–Trinajstić information content (AvgIpc) is 2.42. The van der Waals surface area contributed by atoms with Gasteiger partial charge in [-0.25, -0.2) is 0 Å². The normalized spacial score (nSPS) is 21.7. The van der Waals surface area contributed by atoms with Crippen molar-refractivity contribution in [1.29, 1.82) is 0 Å². The fourth-order valence-corrected chi connectivity index (χ4v) is 2.22. The molecule has 0 saturated carbocycles. The molecule has 18 heavy (non-hydrogen) atoms. The Balaban J connectivity index is 1.98. The van der Waals surface area contributed by atoms with Crippen LogP contribution >= 0.6 is 0 Å². The summed E-state index contributed by atoms with van der Waals surface area (Å²) in [5, 5.41) is 12.7. The Kier molecular flexibility index (Phi) is 4.99. The molecule has 0 aliphatic carbocycles. The molecule has 1 aliphatic rings. The van der Waals surface area contributed by atoms with Gasteiger partial charge in [-0.15, -0.1) is 0 Å². The summed E-state index contributed by atoms with van der Waals surface area (Å²) in [7, 11) is 0. The third-order valence-corrected chi connectivity index (χ3v) is 3.15. The van der Waals surface area contributed by atoms with E-state index in [1.165, 1.54) is 5.56 Å². The lowest BCUT2D eigenvalue weighted by Gasteiger charge is -2.31. The Morgan fingerprint density at radius 1 is 1.33 bits per heavy atom. The van der Waals surface area contributed by atoms with E-state index in [0.717, 1.165) is 13.0 Å². The second-order valence-corrected chi connectivity index (χ2v) is 4.52. The maximum atomic E-state index is 9.28. The predicted octanol–water partition coefficient (Wildman–Crippen LogP) is 1.33. The lowest BCUT2D eigenvalue weighted by molar-refractivity contribution is -0.101. The third-order valence-electron chi connectivity index (χ3n) is 3.15. The van der Waals surface area contributed by atoms with Gasteiger partial charge >= 0.3 is 0 Å². The third kappa shape index (κ3) is 3.70. The first kappa shape index (κ1) is 13.3. The second kappa shape index (κ2) is 6.73. The van der Waals surface area contributed by atoms with Crippen molar-refractivity contribution >= 4 is 0 Å². The van der Waals surface area contributed by atoms with E-state index in [2.05, 4.69) is 12.2 Å². The Labute approximate surface area is 108 Å². The van der Waals surface area contributed by atoms with Crippen molar-refractivity contribution in [3.05, 3.63) is 29.8 Å². The summed E-state index contributed by atoms with van der Waals surface area (Å²) in [5.41, 5.74) is 1.19. The van der Waals surface area contributed by atoms with Crippen molar-refractivity contribution in [3.63, 3.8) is 0 Å². The maximum Gasteiger partial charge on any atom is 0.115 e. The number of benzene rings is 1. The van der Waals surface area contributed by atoms with Crippen molar-refractivity contribution in [2.45, 2.75) is 25.5 Å². The first-order valence-corrected chi connectivity index (χ1v) is 6.50. The van der Waals surface area contributed by atoms with Gasteiger partial charge in [0.1, 0.15) is 5.75 Å². The van der Waals surface area contributed by atoms with Crippen LogP contribution in [-0.2, 0) is 15.9 Å². The van der Waals surface area contributed by atoms with Crippen LogP contribution in [0.4, 0.5) is 0 Å². The highest BCUT2D eigenvalue weighted by molar-refractivity contribution is 5.26. The van der Waals surface area contributed by atoms with E-state index < -0.39 is 0 Å². The van der Waals surface area contributed by atoms with E-state index in [1.807, 2.05) is 12.1 Å². The lowest BCUT2D eigenvalue weighted by atomic mass is 10.0. The molecule has 0 amide bonds. The summed E-state index contributed by atoms with van der Waals surface area (Å²) in [6.07, 6.45) is 0.981. The van der Waals surface area contributed by atoms with Crippen LogP contribution in [0.15, 0.2) is 24.3 Å². The van der Waals surface area contributed by atoms with E-state index in [1.54, 1.807) is 12.1 Å². The van der Waals surface area contributed by atoms with Gasteiger partial charge in [0.25, 0.3) is 0 Å². The molecule has 2 unspecified atom stereocenters. The first-order chi connectivity index (χ1) is 8.79. The number of phenolic OH excluding ortho intramolecular Hbond substituents is 1. The molecule has 2 atom stereocenters. The van der Waals surface area contributed by atoms with Gasteiger partial charge < -0.3 is 19.9 Å². The molecule has 1 fully saturated rings. The minimum absolute atomic E-state index is 0.104. The molecule has 1 saturated heterocycles. The Hall–Kier alpha value is -1.10. The molecule has 0 spiro atoms. The molecule has 100 valence electrons. The highest BCUT2D eigenvalue weighted by Crippen LogP contribution is 2.15. The molecule has 4 nitrogen and oxygen atoms in total. The smallest absolute Gasteiger partial charge is 0.115 e. The molecule has 1 heterocycles. The van der Waals surface area contributed by atoms with Gasteiger partial charge in [-0.05, 0) is 30.7 Å². The van der Waals surface area contributed by atoms with Crippen LogP contribution in [-0.4, -0.2) is 43.6 Å². The van der Waals surface area contributed by atoms with Gasteiger partial charge in [-0.1, -0.05) is 19.1 Å². The summed E-state index contributed by atoms with van der Waals surface area (Å²) in [4.78, 5) is 0. The van der Waals surface area contributed by atoms with E-state index >= 15 is 0 Å². The number of aromatic hydroxyl groups is 1. The number of hydrogen-bond acceptors (Lipinski definition) is 4. The number of likely N-dealkylation sites (N-methyl/N-ethyl adjacent to an activating group) is 1. The molecule has 1 aromatic carbocycles. The molecule has 1 aromatic rings. The Morgan fingerprint density at radius 2 is 2.11 bits per heavy atom. The standard InChI is InChI=1S/C14H21NO3/c1-2-15-13(14-10-17-7-8-18-14)9-11-3-5-12(16)6-4-11/h3-6,13-16H,2,7-10H2,1H3. The molecule has 1 aliphatic heterocycles. The van der Waals surface area contributed by atoms with Crippen LogP contribution in [0, 0.1) is 0 Å². The number of phenols is 1. The number of ether oxygens (including phenoxy) is 2. The summed E-state index contributed by atoms with van der Waals surface area (Å²) < 4.78 is 11.2. The fourth-order valence-electron chi connectivity index (χ4n) is 2.22. The first-order valence-electron chi connectivity index (χ1n) is 6.50. The number of hydrogen-bond donors (Lipinski definition) is 2. The van der Waals surface area contributed by atoms with Crippen LogP contribution in [0.2, 0.25) is 0 Å². The van der Waals surface area contributed by atoms with Gasteiger partial charge in [0.2, 0.25) is 0 Å². The zero-order chi connectivity index (χ0) is 12.8. The zero-order valence-electron chi connectivity index (χ0n) is 10.8. The number of nitrogens with one attached hydrogen (secondary N) is 1. The van der Waals surface area contributed by atoms with Crippen molar-refractivity contribution in [1.82, 2.24) is 5.32 Å². The highest BCUT2D eigenvalue weighted by Gasteiger charge is 2.24. The highest BCUT2D eigenvalue weighted by atomic mass is 16.6. The van der Waals surface area contributed by atoms with Gasteiger partial charge in [0, 0.05) is 6.04 Å². The Bertz CT molecular complexity index is 347. The van der Waals surface area contributed by atoms with Crippen LogP contribution < -0.4 is 5.32 Å². The van der Waals surface area contributed by atoms with Crippen molar-refractivity contribution in [2.24, 2.45) is 0 Å². The van der Waals surface area contributed by atoms with Crippen LogP contribution in [0.1, 0.15) is 12.5 Å².